The highest BCUT2D eigenvalue weighted by atomic mass is 32.2. The Bertz CT molecular complexity index is 847. The Labute approximate surface area is 166 Å². The number of carbonyl (C=O) groups excluding carboxylic acids is 2. The van der Waals surface area contributed by atoms with Gasteiger partial charge in [-0.25, -0.2) is 8.42 Å². The van der Waals surface area contributed by atoms with E-state index in [2.05, 4.69) is 17.2 Å². The van der Waals surface area contributed by atoms with Crippen LogP contribution in [0.3, 0.4) is 0 Å². The van der Waals surface area contributed by atoms with Gasteiger partial charge in [0.15, 0.2) is 0 Å². The minimum Gasteiger partial charge on any atom is -0.352 e. The first-order valence-electron chi connectivity index (χ1n) is 9.62. The summed E-state index contributed by atoms with van der Waals surface area (Å²) in [7, 11) is -3.64. The number of sulfonamides is 1. The number of amides is 2. The van der Waals surface area contributed by atoms with Crippen LogP contribution >= 0.6 is 0 Å². The maximum atomic E-state index is 12.9. The van der Waals surface area contributed by atoms with E-state index in [4.69, 9.17) is 0 Å². The molecule has 2 amide bonds. The lowest BCUT2D eigenvalue weighted by molar-refractivity contribution is -0.117. The fourth-order valence-electron chi connectivity index (χ4n) is 3.37. The minimum absolute atomic E-state index is 0.0140. The van der Waals surface area contributed by atoms with E-state index < -0.39 is 10.0 Å². The van der Waals surface area contributed by atoms with E-state index in [1.165, 1.54) is 22.5 Å². The van der Waals surface area contributed by atoms with Gasteiger partial charge >= 0.3 is 0 Å². The van der Waals surface area contributed by atoms with Gasteiger partial charge in [0.05, 0.1) is 4.90 Å². The second-order valence-electron chi connectivity index (χ2n) is 7.63. The summed E-state index contributed by atoms with van der Waals surface area (Å²) in [5.41, 5.74) is 0.457. The molecular weight excluding hydrogens is 378 g/mol. The topological polar surface area (TPSA) is 95.6 Å². The van der Waals surface area contributed by atoms with Crippen molar-refractivity contribution in [3.63, 3.8) is 0 Å². The third kappa shape index (κ3) is 4.80. The van der Waals surface area contributed by atoms with Crippen molar-refractivity contribution in [2.24, 2.45) is 11.8 Å². The van der Waals surface area contributed by atoms with Gasteiger partial charge in [0.25, 0.3) is 5.91 Å². The van der Waals surface area contributed by atoms with Gasteiger partial charge in [0.2, 0.25) is 15.9 Å². The first kappa shape index (κ1) is 20.5. The summed E-state index contributed by atoms with van der Waals surface area (Å²) in [6.07, 6.45) is 4.08. The average molecular weight is 406 g/mol. The largest absolute Gasteiger partial charge is 0.352 e. The van der Waals surface area contributed by atoms with Crippen LogP contribution in [-0.4, -0.2) is 50.2 Å². The fraction of sp³-hybridized carbons (Fsp3) is 0.500. The van der Waals surface area contributed by atoms with Gasteiger partial charge in [-0.2, -0.15) is 4.31 Å². The van der Waals surface area contributed by atoms with E-state index in [1.54, 1.807) is 12.1 Å². The monoisotopic (exact) mass is 405 g/mol. The van der Waals surface area contributed by atoms with Gasteiger partial charge in [-0.15, -0.1) is 0 Å². The summed E-state index contributed by atoms with van der Waals surface area (Å²) in [5.74, 6) is 0.150. The maximum Gasteiger partial charge on any atom is 0.251 e. The van der Waals surface area contributed by atoms with Gasteiger partial charge < -0.3 is 10.6 Å². The molecule has 2 atom stereocenters. The van der Waals surface area contributed by atoms with Crippen LogP contribution in [0.25, 0.3) is 0 Å². The van der Waals surface area contributed by atoms with E-state index in [0.29, 0.717) is 37.5 Å². The number of rotatable bonds is 7. The van der Waals surface area contributed by atoms with Gasteiger partial charge in [0, 0.05) is 31.2 Å². The summed E-state index contributed by atoms with van der Waals surface area (Å²) >= 11 is 0. The molecule has 0 spiro atoms. The SMILES string of the molecule is C=CC(=O)NC1CCN(S(=O)(=O)c2ccc(C(=O)NCC3CC3)cc2)CC1C. The van der Waals surface area contributed by atoms with Crippen LogP contribution in [0.5, 0.6) is 0 Å². The number of hydrogen-bond acceptors (Lipinski definition) is 4. The first-order valence-corrected chi connectivity index (χ1v) is 11.1. The zero-order valence-corrected chi connectivity index (χ0v) is 16.9. The molecule has 2 unspecified atom stereocenters. The van der Waals surface area contributed by atoms with Crippen LogP contribution in [0.15, 0.2) is 41.8 Å². The van der Waals surface area contributed by atoms with Gasteiger partial charge in [-0.3, -0.25) is 9.59 Å². The number of nitrogens with one attached hydrogen (secondary N) is 2. The van der Waals surface area contributed by atoms with Crippen molar-refractivity contribution >= 4 is 21.8 Å². The van der Waals surface area contributed by atoms with E-state index in [-0.39, 0.29) is 28.7 Å². The summed E-state index contributed by atoms with van der Waals surface area (Å²) in [6, 6.07) is 6.00. The molecule has 152 valence electrons. The molecule has 1 aromatic rings. The van der Waals surface area contributed by atoms with Crippen LogP contribution < -0.4 is 10.6 Å². The molecule has 0 bridgehead atoms. The average Bonchev–Trinajstić information content (AvgIpc) is 3.52. The summed E-state index contributed by atoms with van der Waals surface area (Å²) < 4.78 is 27.3. The zero-order valence-electron chi connectivity index (χ0n) is 16.1. The second-order valence-corrected chi connectivity index (χ2v) is 9.56. The van der Waals surface area contributed by atoms with Crippen molar-refractivity contribution in [2.45, 2.75) is 37.1 Å². The number of carbonyl (C=O) groups is 2. The Balaban J connectivity index is 1.63. The Morgan fingerprint density at radius 2 is 1.89 bits per heavy atom. The Morgan fingerprint density at radius 1 is 1.21 bits per heavy atom. The molecule has 7 nitrogen and oxygen atoms in total. The lowest BCUT2D eigenvalue weighted by Crippen LogP contribution is -2.51. The Kier molecular flexibility index (Phi) is 6.20. The highest BCUT2D eigenvalue weighted by molar-refractivity contribution is 7.89. The molecule has 0 radical (unpaired) electrons. The van der Waals surface area contributed by atoms with Crippen LogP contribution in [0.4, 0.5) is 0 Å². The molecule has 28 heavy (non-hydrogen) atoms. The summed E-state index contributed by atoms with van der Waals surface area (Å²) in [4.78, 5) is 23.8. The molecule has 8 heteroatoms. The van der Waals surface area contributed by atoms with E-state index in [1.807, 2.05) is 6.92 Å². The highest BCUT2D eigenvalue weighted by Crippen LogP contribution is 2.28. The molecule has 2 aliphatic rings. The van der Waals surface area contributed by atoms with Crippen molar-refractivity contribution < 1.29 is 18.0 Å². The minimum atomic E-state index is -3.64. The standard InChI is InChI=1S/C20H27N3O4S/c1-3-19(24)22-18-10-11-23(13-14(18)2)28(26,27)17-8-6-16(7-9-17)20(25)21-12-15-4-5-15/h3,6-9,14-15,18H,1,4-5,10-13H2,2H3,(H,21,25)(H,22,24). The molecule has 2 N–H and O–H groups in total. The van der Waals surface area contributed by atoms with Crippen molar-refractivity contribution in [1.29, 1.82) is 0 Å². The second kappa shape index (κ2) is 8.45. The zero-order chi connectivity index (χ0) is 20.3. The van der Waals surface area contributed by atoms with E-state index in [0.717, 1.165) is 12.8 Å². The molecule has 2 fully saturated rings. The van der Waals surface area contributed by atoms with Crippen LogP contribution in [-0.2, 0) is 14.8 Å². The quantitative estimate of drug-likeness (QED) is 0.673. The highest BCUT2D eigenvalue weighted by Gasteiger charge is 2.34. The fourth-order valence-corrected chi connectivity index (χ4v) is 4.93. The van der Waals surface area contributed by atoms with E-state index in [9.17, 15) is 18.0 Å². The normalized spacial score (nSPS) is 23.0. The lowest BCUT2D eigenvalue weighted by Gasteiger charge is -2.36. The third-order valence-electron chi connectivity index (χ3n) is 5.38. The summed E-state index contributed by atoms with van der Waals surface area (Å²) in [5, 5.41) is 5.72. The van der Waals surface area contributed by atoms with Crippen molar-refractivity contribution in [3.05, 3.63) is 42.5 Å². The molecule has 1 aliphatic carbocycles. The molecule has 1 aliphatic heterocycles. The van der Waals surface area contributed by atoms with Crippen molar-refractivity contribution in [2.75, 3.05) is 19.6 Å². The van der Waals surface area contributed by atoms with E-state index >= 15 is 0 Å². The Hall–Kier alpha value is -2.19. The van der Waals surface area contributed by atoms with Crippen LogP contribution in [0, 0.1) is 11.8 Å². The van der Waals surface area contributed by atoms with Crippen LogP contribution in [0.1, 0.15) is 36.5 Å². The number of nitrogens with zero attached hydrogens (tertiary/aromatic N) is 1. The molecule has 1 saturated carbocycles. The smallest absolute Gasteiger partial charge is 0.251 e. The van der Waals surface area contributed by atoms with Gasteiger partial charge in [0.1, 0.15) is 0 Å². The molecule has 1 aromatic carbocycles. The third-order valence-corrected chi connectivity index (χ3v) is 7.26. The number of hydrogen-bond donors (Lipinski definition) is 2. The summed E-state index contributed by atoms with van der Waals surface area (Å²) in [6.45, 7) is 6.69. The Morgan fingerprint density at radius 3 is 2.46 bits per heavy atom. The van der Waals surface area contributed by atoms with Crippen LogP contribution in [0.2, 0.25) is 0 Å². The molecule has 1 saturated heterocycles. The van der Waals surface area contributed by atoms with Crippen molar-refractivity contribution in [1.82, 2.24) is 14.9 Å². The number of benzene rings is 1. The van der Waals surface area contributed by atoms with Crippen molar-refractivity contribution in [3.8, 4) is 0 Å². The predicted octanol–water partition coefficient (Wildman–Crippen LogP) is 1.53. The molecule has 3 rings (SSSR count). The maximum absolute atomic E-state index is 12.9. The first-order chi connectivity index (χ1) is 13.3. The molecule has 0 aromatic heterocycles. The van der Waals surface area contributed by atoms with Gasteiger partial charge in [-0.1, -0.05) is 13.5 Å². The lowest BCUT2D eigenvalue weighted by atomic mass is 9.95. The molecular formula is C20H27N3O4S. The van der Waals surface area contributed by atoms with Gasteiger partial charge in [-0.05, 0) is 61.4 Å². The number of piperidine rings is 1. The molecule has 1 heterocycles. The predicted molar refractivity (Wildman–Crippen MR) is 106 cm³/mol.